The van der Waals surface area contributed by atoms with Crippen molar-refractivity contribution in [3.8, 4) is 5.75 Å². The fourth-order valence-corrected chi connectivity index (χ4v) is 3.71. The van der Waals surface area contributed by atoms with Crippen LogP contribution in [0.4, 0.5) is 0 Å². The fourth-order valence-electron chi connectivity index (χ4n) is 3.71. The highest BCUT2D eigenvalue weighted by Crippen LogP contribution is 2.30. The van der Waals surface area contributed by atoms with E-state index in [0.717, 1.165) is 31.6 Å². The Hall–Kier alpha value is -1.59. The van der Waals surface area contributed by atoms with E-state index in [2.05, 4.69) is 6.92 Å². The summed E-state index contributed by atoms with van der Waals surface area (Å²) in [6.07, 6.45) is 3.18. The highest BCUT2D eigenvalue weighted by molar-refractivity contribution is 5.78. The van der Waals surface area contributed by atoms with Gasteiger partial charge in [-0.3, -0.25) is 4.79 Å². The van der Waals surface area contributed by atoms with Gasteiger partial charge in [-0.2, -0.15) is 0 Å². The Morgan fingerprint density at radius 3 is 2.83 bits per heavy atom. The zero-order valence-corrected chi connectivity index (χ0v) is 14.3. The SMILES string of the molecule is CCc1ccc(OCC(=O)N2CCC[C@@H]2[C@@H]2COCC[C@H]2O)cc1. The van der Waals surface area contributed by atoms with Gasteiger partial charge in [0, 0.05) is 25.1 Å². The molecule has 2 aliphatic heterocycles. The van der Waals surface area contributed by atoms with Crippen molar-refractivity contribution in [1.29, 1.82) is 0 Å². The molecule has 2 aliphatic rings. The van der Waals surface area contributed by atoms with Crippen LogP contribution in [0.15, 0.2) is 24.3 Å². The van der Waals surface area contributed by atoms with Crippen LogP contribution in [-0.4, -0.2) is 54.4 Å². The number of aryl methyl sites for hydroxylation is 1. The zero-order chi connectivity index (χ0) is 16.9. The maximum Gasteiger partial charge on any atom is 0.260 e. The van der Waals surface area contributed by atoms with Crippen molar-refractivity contribution in [3.05, 3.63) is 29.8 Å². The Kier molecular flexibility index (Phi) is 5.74. The van der Waals surface area contributed by atoms with Gasteiger partial charge < -0.3 is 19.5 Å². The van der Waals surface area contributed by atoms with Crippen LogP contribution in [0.2, 0.25) is 0 Å². The summed E-state index contributed by atoms with van der Waals surface area (Å²) >= 11 is 0. The number of carbonyl (C=O) groups excluding carboxylic acids is 1. The molecule has 5 heteroatoms. The minimum absolute atomic E-state index is 0.00478. The first-order valence-electron chi connectivity index (χ1n) is 8.96. The number of ether oxygens (including phenoxy) is 2. The van der Waals surface area contributed by atoms with Crippen LogP contribution in [0.3, 0.4) is 0 Å². The van der Waals surface area contributed by atoms with Gasteiger partial charge in [-0.05, 0) is 43.4 Å². The van der Waals surface area contributed by atoms with Gasteiger partial charge in [0.25, 0.3) is 5.91 Å². The van der Waals surface area contributed by atoms with E-state index in [9.17, 15) is 9.90 Å². The van der Waals surface area contributed by atoms with Gasteiger partial charge in [-0.15, -0.1) is 0 Å². The number of nitrogens with zero attached hydrogens (tertiary/aromatic N) is 1. The molecular formula is C19H27NO4. The summed E-state index contributed by atoms with van der Waals surface area (Å²) in [6, 6.07) is 7.93. The first-order chi connectivity index (χ1) is 11.7. The van der Waals surface area contributed by atoms with Gasteiger partial charge in [0.1, 0.15) is 5.75 Å². The Morgan fingerprint density at radius 2 is 2.12 bits per heavy atom. The summed E-state index contributed by atoms with van der Waals surface area (Å²) < 4.78 is 11.2. The van der Waals surface area contributed by atoms with Crippen LogP contribution in [0.25, 0.3) is 0 Å². The number of rotatable bonds is 5. The van der Waals surface area contributed by atoms with Gasteiger partial charge in [0.2, 0.25) is 0 Å². The van der Waals surface area contributed by atoms with Crippen molar-refractivity contribution in [2.45, 2.75) is 44.8 Å². The Bertz CT molecular complexity index is 545. The summed E-state index contributed by atoms with van der Waals surface area (Å²) in [5.74, 6) is 0.737. The second kappa shape index (κ2) is 7.99. The monoisotopic (exact) mass is 333 g/mol. The third-order valence-electron chi connectivity index (χ3n) is 5.17. The van der Waals surface area contributed by atoms with Gasteiger partial charge in [0.05, 0.1) is 12.7 Å². The molecule has 1 aromatic carbocycles. The second-order valence-electron chi connectivity index (χ2n) is 6.68. The first-order valence-corrected chi connectivity index (χ1v) is 8.96. The van der Waals surface area contributed by atoms with E-state index < -0.39 is 0 Å². The third kappa shape index (κ3) is 3.90. The lowest BCUT2D eigenvalue weighted by Gasteiger charge is -2.36. The van der Waals surface area contributed by atoms with Crippen molar-refractivity contribution in [1.82, 2.24) is 4.90 Å². The molecule has 0 spiro atoms. The van der Waals surface area contributed by atoms with Crippen LogP contribution in [0, 0.1) is 5.92 Å². The average molecular weight is 333 g/mol. The summed E-state index contributed by atoms with van der Waals surface area (Å²) in [4.78, 5) is 14.5. The number of likely N-dealkylation sites (tertiary alicyclic amines) is 1. The van der Waals surface area contributed by atoms with Gasteiger partial charge in [-0.1, -0.05) is 19.1 Å². The molecule has 2 fully saturated rings. The van der Waals surface area contributed by atoms with Crippen LogP contribution >= 0.6 is 0 Å². The van der Waals surface area contributed by atoms with E-state index in [1.54, 1.807) is 0 Å². The predicted octanol–water partition coefficient (Wildman–Crippen LogP) is 2.02. The standard InChI is InChI=1S/C19H27NO4/c1-2-14-5-7-15(8-6-14)24-13-19(22)20-10-3-4-17(20)16-12-23-11-9-18(16)21/h5-8,16-18,21H,2-4,9-13H2,1H3/t16-,17+,18+/m0/s1. The number of aliphatic hydroxyl groups excluding tert-OH is 1. The minimum atomic E-state index is -0.375. The van der Waals surface area contributed by atoms with Gasteiger partial charge >= 0.3 is 0 Å². The molecule has 132 valence electrons. The molecule has 0 aromatic heterocycles. The van der Waals surface area contributed by atoms with Gasteiger partial charge in [0.15, 0.2) is 6.61 Å². The topological polar surface area (TPSA) is 59.0 Å². The van der Waals surface area contributed by atoms with Crippen LogP contribution in [0.5, 0.6) is 5.75 Å². The lowest BCUT2D eigenvalue weighted by molar-refractivity contribution is -0.138. The van der Waals surface area contributed by atoms with Crippen molar-refractivity contribution in [2.75, 3.05) is 26.4 Å². The van der Waals surface area contributed by atoms with E-state index >= 15 is 0 Å². The van der Waals surface area contributed by atoms with Crippen molar-refractivity contribution < 1.29 is 19.4 Å². The third-order valence-corrected chi connectivity index (χ3v) is 5.17. The highest BCUT2D eigenvalue weighted by Gasteiger charge is 2.39. The van der Waals surface area contributed by atoms with Crippen molar-refractivity contribution >= 4 is 5.91 Å². The summed E-state index contributed by atoms with van der Waals surface area (Å²) in [5, 5.41) is 10.2. The summed E-state index contributed by atoms with van der Waals surface area (Å²) in [6.45, 7) is 4.04. The molecule has 0 bridgehead atoms. The van der Waals surface area contributed by atoms with Crippen LogP contribution < -0.4 is 4.74 Å². The maximum atomic E-state index is 12.6. The number of amides is 1. The molecular weight excluding hydrogens is 306 g/mol. The molecule has 24 heavy (non-hydrogen) atoms. The van der Waals surface area contributed by atoms with E-state index in [0.29, 0.717) is 19.6 Å². The molecule has 2 heterocycles. The largest absolute Gasteiger partial charge is 0.484 e. The molecule has 3 rings (SSSR count). The fraction of sp³-hybridized carbons (Fsp3) is 0.632. The lowest BCUT2D eigenvalue weighted by Crippen LogP contribution is -2.49. The molecule has 0 unspecified atom stereocenters. The molecule has 0 radical (unpaired) electrons. The zero-order valence-electron chi connectivity index (χ0n) is 14.3. The van der Waals surface area contributed by atoms with Crippen molar-refractivity contribution in [2.24, 2.45) is 5.92 Å². The number of benzene rings is 1. The Morgan fingerprint density at radius 1 is 1.33 bits per heavy atom. The summed E-state index contributed by atoms with van der Waals surface area (Å²) in [5.41, 5.74) is 1.25. The number of aliphatic hydroxyl groups is 1. The quantitative estimate of drug-likeness (QED) is 0.895. The average Bonchev–Trinajstić information content (AvgIpc) is 3.10. The molecule has 3 atom stereocenters. The molecule has 1 amide bonds. The molecule has 5 nitrogen and oxygen atoms in total. The molecule has 1 N–H and O–H groups in total. The number of carbonyl (C=O) groups is 1. The summed E-state index contributed by atoms with van der Waals surface area (Å²) in [7, 11) is 0. The van der Waals surface area contributed by atoms with E-state index in [4.69, 9.17) is 9.47 Å². The molecule has 2 saturated heterocycles. The van der Waals surface area contributed by atoms with Crippen molar-refractivity contribution in [3.63, 3.8) is 0 Å². The maximum absolute atomic E-state index is 12.6. The van der Waals surface area contributed by atoms with E-state index in [-0.39, 0.29) is 30.6 Å². The highest BCUT2D eigenvalue weighted by atomic mass is 16.5. The first kappa shape index (κ1) is 17.2. The van der Waals surface area contributed by atoms with Crippen LogP contribution in [-0.2, 0) is 16.0 Å². The molecule has 0 aliphatic carbocycles. The Balaban J connectivity index is 1.56. The van der Waals surface area contributed by atoms with E-state index in [1.807, 2.05) is 29.2 Å². The smallest absolute Gasteiger partial charge is 0.260 e. The van der Waals surface area contributed by atoms with Crippen LogP contribution in [0.1, 0.15) is 31.7 Å². The predicted molar refractivity (Wildman–Crippen MR) is 91.0 cm³/mol. The number of hydrogen-bond donors (Lipinski definition) is 1. The minimum Gasteiger partial charge on any atom is -0.484 e. The normalized spacial score (nSPS) is 27.2. The number of hydrogen-bond acceptors (Lipinski definition) is 4. The molecule has 0 saturated carbocycles. The Labute approximate surface area is 143 Å². The lowest BCUT2D eigenvalue weighted by atomic mass is 9.89. The molecule has 1 aromatic rings. The van der Waals surface area contributed by atoms with E-state index in [1.165, 1.54) is 5.56 Å². The second-order valence-corrected chi connectivity index (χ2v) is 6.68. The van der Waals surface area contributed by atoms with Gasteiger partial charge in [-0.25, -0.2) is 0 Å².